The minimum Gasteiger partial charge on any atom is -0.507 e. The molecule has 2 fully saturated rings. The van der Waals surface area contributed by atoms with E-state index in [1.165, 1.54) is 0 Å². The van der Waals surface area contributed by atoms with E-state index in [0.717, 1.165) is 24.0 Å². The molecule has 5 rings (SSSR count). The molecule has 0 aliphatic carbocycles. The predicted octanol–water partition coefficient (Wildman–Crippen LogP) is 2.30. The zero-order valence-electron chi connectivity index (χ0n) is 16.0. The number of aromatic hydroxyl groups is 1. The first kappa shape index (κ1) is 18.0. The van der Waals surface area contributed by atoms with E-state index in [1.807, 2.05) is 18.0 Å². The van der Waals surface area contributed by atoms with Crippen molar-refractivity contribution in [3.05, 3.63) is 36.8 Å². The molecule has 2 bridgehead atoms. The number of piperidine rings is 1. The van der Waals surface area contributed by atoms with E-state index in [-0.39, 0.29) is 23.9 Å². The number of anilines is 1. The molecule has 29 heavy (non-hydrogen) atoms. The van der Waals surface area contributed by atoms with Gasteiger partial charge in [-0.05, 0) is 37.0 Å². The number of nitrogens with zero attached hydrogens (tertiary/aromatic N) is 5. The van der Waals surface area contributed by atoms with Gasteiger partial charge in [0.15, 0.2) is 11.6 Å². The normalized spacial score (nSPS) is 25.9. The molecule has 2 aliphatic rings. The zero-order chi connectivity index (χ0) is 20.0. The van der Waals surface area contributed by atoms with Gasteiger partial charge in [0.25, 0.3) is 0 Å². The Bertz CT molecular complexity index is 993. The quantitative estimate of drug-likeness (QED) is 0.623. The summed E-state index contributed by atoms with van der Waals surface area (Å²) < 4.78 is 14.0. The number of phenols is 1. The van der Waals surface area contributed by atoms with E-state index in [9.17, 15) is 9.50 Å². The van der Waals surface area contributed by atoms with Crippen molar-refractivity contribution in [3.63, 3.8) is 0 Å². The molecule has 3 N–H and O–H groups in total. The lowest BCUT2D eigenvalue weighted by atomic mass is 9.98. The smallest absolute Gasteiger partial charge is 0.185 e. The Balaban J connectivity index is 1.34. The zero-order valence-corrected chi connectivity index (χ0v) is 16.0. The van der Waals surface area contributed by atoms with Crippen molar-refractivity contribution in [2.45, 2.75) is 43.6 Å². The monoisotopic (exact) mass is 395 g/mol. The summed E-state index contributed by atoms with van der Waals surface area (Å²) in [5.41, 5.74) is 2.24. The van der Waals surface area contributed by atoms with Crippen LogP contribution in [0.25, 0.3) is 22.5 Å². The number of rotatable bonds is 4. The van der Waals surface area contributed by atoms with Crippen LogP contribution in [0.1, 0.15) is 19.3 Å². The van der Waals surface area contributed by atoms with Crippen LogP contribution >= 0.6 is 0 Å². The Morgan fingerprint density at radius 1 is 1.14 bits per heavy atom. The summed E-state index contributed by atoms with van der Waals surface area (Å²) >= 11 is 0. The maximum absolute atomic E-state index is 14.0. The van der Waals surface area contributed by atoms with Gasteiger partial charge in [0, 0.05) is 36.9 Å². The van der Waals surface area contributed by atoms with E-state index in [2.05, 4.69) is 30.7 Å². The largest absolute Gasteiger partial charge is 0.507 e. The number of halogens is 1. The van der Waals surface area contributed by atoms with Gasteiger partial charge in [-0.3, -0.25) is 5.10 Å². The molecule has 2 aromatic heterocycles. The summed E-state index contributed by atoms with van der Waals surface area (Å²) in [6, 6.07) is 5.65. The van der Waals surface area contributed by atoms with Gasteiger partial charge >= 0.3 is 0 Å². The number of aromatic nitrogens is 5. The first-order valence-corrected chi connectivity index (χ1v) is 9.73. The Morgan fingerprint density at radius 2 is 2.03 bits per heavy atom. The van der Waals surface area contributed by atoms with Crippen molar-refractivity contribution < 1.29 is 9.50 Å². The molecule has 0 spiro atoms. The second-order valence-electron chi connectivity index (χ2n) is 7.82. The molecule has 4 atom stereocenters. The summed E-state index contributed by atoms with van der Waals surface area (Å²) in [5, 5.41) is 29.0. The predicted molar refractivity (Wildman–Crippen MR) is 106 cm³/mol. The summed E-state index contributed by atoms with van der Waals surface area (Å²) in [6.45, 7) is 0. The number of alkyl halides is 1. The lowest BCUT2D eigenvalue weighted by molar-refractivity contribution is 0.274. The number of phenolic OH excluding ortho intramolecular Hbond substituents is 1. The van der Waals surface area contributed by atoms with Crippen LogP contribution in [0.5, 0.6) is 5.75 Å². The Kier molecular flexibility index (Phi) is 4.39. The van der Waals surface area contributed by atoms with Gasteiger partial charge in [-0.25, -0.2) is 9.37 Å². The molecular weight excluding hydrogens is 373 g/mol. The van der Waals surface area contributed by atoms with Gasteiger partial charge in [-0.2, -0.15) is 5.10 Å². The van der Waals surface area contributed by atoms with Gasteiger partial charge in [0.1, 0.15) is 11.9 Å². The van der Waals surface area contributed by atoms with Gasteiger partial charge in [0.2, 0.25) is 0 Å². The van der Waals surface area contributed by atoms with E-state index in [4.69, 9.17) is 0 Å². The van der Waals surface area contributed by atoms with Crippen LogP contribution in [-0.4, -0.2) is 61.8 Å². The fraction of sp³-hybridized carbons (Fsp3) is 0.400. The van der Waals surface area contributed by atoms with Crippen molar-refractivity contribution in [3.8, 4) is 28.3 Å². The molecule has 2 aliphatic heterocycles. The van der Waals surface area contributed by atoms with E-state index >= 15 is 0 Å². The van der Waals surface area contributed by atoms with Crippen LogP contribution in [0.3, 0.4) is 0 Å². The molecule has 4 heterocycles. The van der Waals surface area contributed by atoms with Crippen molar-refractivity contribution >= 4 is 5.82 Å². The number of H-pyrrole nitrogens is 1. The lowest BCUT2D eigenvalue weighted by Gasteiger charge is -2.35. The van der Waals surface area contributed by atoms with Crippen LogP contribution in [0.4, 0.5) is 10.2 Å². The fourth-order valence-corrected chi connectivity index (χ4v) is 4.38. The number of benzene rings is 1. The topological polar surface area (TPSA) is 103 Å². The minimum absolute atomic E-state index is 0.0768. The van der Waals surface area contributed by atoms with Crippen LogP contribution < -0.4 is 10.2 Å². The SMILES string of the molecule is CN(c1cnc(-c2ccc(-c3cn[nH]c3)cc2O)nn1)[C@@H]1C[C@@H]2C[C@@H](F)[C@@H](C1)N2. The Labute approximate surface area is 167 Å². The first-order chi connectivity index (χ1) is 14.1. The molecule has 0 saturated carbocycles. The van der Waals surface area contributed by atoms with Crippen molar-refractivity contribution in [2.24, 2.45) is 0 Å². The standard InChI is InChI=1S/C20H22FN7O/c1-28(14-5-13-6-16(21)17(7-14)25-13)19-10-22-20(27-26-19)15-3-2-11(4-18(15)29)12-8-23-24-9-12/h2-4,8-10,13-14,16-17,25,29H,5-7H2,1H3,(H,23,24)/t13-,14-,16-,17-/m1/s1. The average Bonchev–Trinajstić information content (AvgIpc) is 3.36. The van der Waals surface area contributed by atoms with Gasteiger partial charge < -0.3 is 15.3 Å². The lowest BCUT2D eigenvalue weighted by Crippen LogP contribution is -2.48. The average molecular weight is 395 g/mol. The van der Waals surface area contributed by atoms with Crippen molar-refractivity contribution in [1.82, 2.24) is 30.7 Å². The molecule has 3 aromatic rings. The highest BCUT2D eigenvalue weighted by Crippen LogP contribution is 2.34. The maximum Gasteiger partial charge on any atom is 0.185 e. The highest BCUT2D eigenvalue weighted by Gasteiger charge is 2.42. The number of hydrogen-bond acceptors (Lipinski definition) is 7. The molecule has 150 valence electrons. The molecule has 9 heteroatoms. The van der Waals surface area contributed by atoms with Crippen molar-refractivity contribution in [2.75, 3.05) is 11.9 Å². The van der Waals surface area contributed by atoms with Gasteiger partial charge in [-0.15, -0.1) is 10.2 Å². The highest BCUT2D eigenvalue weighted by atomic mass is 19.1. The minimum atomic E-state index is -0.766. The molecule has 0 amide bonds. The molecule has 1 aromatic carbocycles. The summed E-state index contributed by atoms with van der Waals surface area (Å²) in [4.78, 5) is 6.44. The molecule has 0 unspecified atom stereocenters. The van der Waals surface area contributed by atoms with Gasteiger partial charge in [0.05, 0.1) is 18.0 Å². The third-order valence-corrected chi connectivity index (χ3v) is 6.01. The third kappa shape index (κ3) is 3.31. The molecule has 2 saturated heterocycles. The highest BCUT2D eigenvalue weighted by molar-refractivity contribution is 5.72. The van der Waals surface area contributed by atoms with Crippen LogP contribution in [0, 0.1) is 0 Å². The number of nitrogens with one attached hydrogen (secondary N) is 2. The van der Waals surface area contributed by atoms with E-state index < -0.39 is 6.17 Å². The summed E-state index contributed by atoms with van der Waals surface area (Å²) in [5.74, 6) is 1.08. The Hall–Kier alpha value is -3.07. The van der Waals surface area contributed by atoms with Gasteiger partial charge in [-0.1, -0.05) is 6.07 Å². The van der Waals surface area contributed by atoms with Crippen molar-refractivity contribution in [1.29, 1.82) is 0 Å². The molecule has 0 radical (unpaired) electrons. The number of hydrogen-bond donors (Lipinski definition) is 3. The third-order valence-electron chi connectivity index (χ3n) is 6.01. The first-order valence-electron chi connectivity index (χ1n) is 9.73. The van der Waals surface area contributed by atoms with E-state index in [0.29, 0.717) is 23.6 Å². The summed E-state index contributed by atoms with van der Waals surface area (Å²) in [6.07, 6.45) is 6.55. The fourth-order valence-electron chi connectivity index (χ4n) is 4.38. The second kappa shape index (κ2) is 7.07. The number of fused-ring (bicyclic) bond motifs is 2. The number of aromatic amines is 1. The molecule has 8 nitrogen and oxygen atoms in total. The van der Waals surface area contributed by atoms with Crippen LogP contribution in [0.15, 0.2) is 36.8 Å². The molecular formula is C20H22FN7O. The summed E-state index contributed by atoms with van der Waals surface area (Å²) in [7, 11) is 1.95. The second-order valence-corrected chi connectivity index (χ2v) is 7.82. The Morgan fingerprint density at radius 3 is 2.72 bits per heavy atom. The van der Waals surface area contributed by atoms with Crippen LogP contribution in [-0.2, 0) is 0 Å². The van der Waals surface area contributed by atoms with Crippen LogP contribution in [0.2, 0.25) is 0 Å². The maximum atomic E-state index is 14.0. The van der Waals surface area contributed by atoms with E-state index in [1.54, 1.807) is 30.7 Å².